The molecule has 2 rings (SSSR count). The van der Waals surface area contributed by atoms with Crippen molar-refractivity contribution >= 4 is 11.4 Å². The number of para-hydroxylation sites is 1. The van der Waals surface area contributed by atoms with Crippen molar-refractivity contribution in [2.75, 3.05) is 0 Å². The molecule has 0 aliphatic carbocycles. The molecule has 0 saturated carbocycles. The third-order valence-corrected chi connectivity index (χ3v) is 2.59. The molecule has 0 heterocycles. The summed E-state index contributed by atoms with van der Waals surface area (Å²) >= 11 is 0. The van der Waals surface area contributed by atoms with Crippen LogP contribution >= 0.6 is 0 Å². The van der Waals surface area contributed by atoms with Crippen LogP contribution in [0.25, 0.3) is 0 Å². The number of hydrogen-bond acceptors (Lipinski definition) is 11. The van der Waals surface area contributed by atoms with E-state index in [4.69, 9.17) is 0 Å². The van der Waals surface area contributed by atoms with Gasteiger partial charge >= 0.3 is 0 Å². The molecule has 0 aliphatic rings. The maximum atomic E-state index is 10.5. The molecular formula is C12H7N5O9. The average Bonchev–Trinajstić information content (AvgIpc) is 2.54. The van der Waals surface area contributed by atoms with Gasteiger partial charge < -0.3 is 0 Å². The van der Waals surface area contributed by atoms with Crippen LogP contribution in [0.2, 0.25) is 0 Å². The molecule has 0 aromatic heterocycles. The lowest BCUT2D eigenvalue weighted by molar-refractivity contribution is -0.713. The quantitative estimate of drug-likeness (QED) is 0.385. The summed E-state index contributed by atoms with van der Waals surface area (Å²) in [5.41, 5.74) is -0.227. The predicted octanol–water partition coefficient (Wildman–Crippen LogP) is 2.81. The van der Waals surface area contributed by atoms with E-state index < -0.39 is 21.0 Å². The molecule has 26 heavy (non-hydrogen) atoms. The Bertz CT molecular complexity index is 885. The van der Waals surface area contributed by atoms with Gasteiger partial charge in [-0.2, -0.15) is 0 Å². The minimum atomic E-state index is -1.16. The zero-order valence-corrected chi connectivity index (χ0v) is 12.5. The average molecular weight is 365 g/mol. The molecule has 0 atom stereocenters. The molecule has 2 aromatic rings. The maximum Gasteiger partial charge on any atom is 0.299 e. The predicted molar refractivity (Wildman–Crippen MR) is 79.9 cm³/mol. The van der Waals surface area contributed by atoms with Crippen molar-refractivity contribution in [2.24, 2.45) is 10.2 Å². The molecule has 14 nitrogen and oxygen atoms in total. The van der Waals surface area contributed by atoms with Gasteiger partial charge in [0.05, 0.1) is 0 Å². The summed E-state index contributed by atoms with van der Waals surface area (Å²) in [5, 5.41) is 35.4. The lowest BCUT2D eigenvalue weighted by atomic mass is 10.3. The van der Waals surface area contributed by atoms with Crippen LogP contribution < -0.4 is 14.5 Å². The van der Waals surface area contributed by atoms with Gasteiger partial charge in [0, 0.05) is 6.07 Å². The normalized spacial score (nSPS) is 10.3. The Balaban J connectivity index is 2.36. The Labute approximate surface area is 142 Å². The summed E-state index contributed by atoms with van der Waals surface area (Å²) in [4.78, 5) is 44.1. The fourth-order valence-electron chi connectivity index (χ4n) is 1.68. The highest BCUT2D eigenvalue weighted by Crippen LogP contribution is 2.35. The van der Waals surface area contributed by atoms with E-state index in [0.717, 1.165) is 18.2 Å². The Morgan fingerprint density at radius 2 is 1.23 bits per heavy atom. The molecule has 0 amide bonds. The van der Waals surface area contributed by atoms with Crippen molar-refractivity contribution in [3.63, 3.8) is 0 Å². The second-order valence-corrected chi connectivity index (χ2v) is 4.24. The van der Waals surface area contributed by atoms with E-state index in [9.17, 15) is 30.3 Å². The lowest BCUT2D eigenvalue weighted by Crippen LogP contribution is -2.06. The zero-order chi connectivity index (χ0) is 19.1. The largest absolute Gasteiger partial charge is 0.299 e. The van der Waals surface area contributed by atoms with Crippen LogP contribution in [0.4, 0.5) is 11.4 Å². The first-order chi connectivity index (χ1) is 12.3. The van der Waals surface area contributed by atoms with Crippen LogP contribution in [-0.4, -0.2) is 15.3 Å². The third-order valence-electron chi connectivity index (χ3n) is 2.59. The molecule has 0 spiro atoms. The number of azo groups is 1. The van der Waals surface area contributed by atoms with Crippen LogP contribution in [-0.2, 0) is 0 Å². The van der Waals surface area contributed by atoms with Gasteiger partial charge in [0.2, 0.25) is 0 Å². The van der Waals surface area contributed by atoms with Gasteiger partial charge in [-0.15, -0.1) is 40.6 Å². The highest BCUT2D eigenvalue weighted by atomic mass is 17.0. The van der Waals surface area contributed by atoms with E-state index in [2.05, 4.69) is 24.7 Å². The minimum absolute atomic E-state index is 0.0399. The number of benzene rings is 2. The minimum Gasteiger partial charge on any atom is -0.276 e. The number of hydrogen-bond donors (Lipinski definition) is 0. The van der Waals surface area contributed by atoms with Crippen LogP contribution in [0.15, 0.2) is 52.7 Å². The first kappa shape index (κ1) is 18.0. The summed E-state index contributed by atoms with van der Waals surface area (Å²) < 4.78 is 0. The van der Waals surface area contributed by atoms with Crippen LogP contribution in [0.3, 0.4) is 0 Å². The monoisotopic (exact) mass is 365 g/mol. The summed E-state index contributed by atoms with van der Waals surface area (Å²) in [5.74, 6) is -1.06. The Kier molecular flexibility index (Phi) is 5.50. The van der Waals surface area contributed by atoms with Crippen LogP contribution in [0.5, 0.6) is 17.2 Å². The van der Waals surface area contributed by atoms with Crippen molar-refractivity contribution < 1.29 is 29.8 Å². The smallest absolute Gasteiger partial charge is 0.276 e. The van der Waals surface area contributed by atoms with Crippen molar-refractivity contribution in [1.29, 1.82) is 0 Å². The summed E-state index contributed by atoms with van der Waals surface area (Å²) in [6, 6.07) is 8.65. The summed E-state index contributed by atoms with van der Waals surface area (Å²) in [6.45, 7) is 0. The molecule has 14 heteroatoms. The van der Waals surface area contributed by atoms with E-state index in [1.807, 2.05) is 0 Å². The Morgan fingerprint density at radius 1 is 0.692 bits per heavy atom. The van der Waals surface area contributed by atoms with Gasteiger partial charge in [0.15, 0.2) is 11.5 Å². The molecule has 134 valence electrons. The van der Waals surface area contributed by atoms with Gasteiger partial charge in [0.1, 0.15) is 17.1 Å². The van der Waals surface area contributed by atoms with E-state index >= 15 is 0 Å². The van der Waals surface area contributed by atoms with Crippen molar-refractivity contribution in [3.8, 4) is 17.2 Å². The Hall–Kier alpha value is -4.36. The first-order valence-corrected chi connectivity index (χ1v) is 6.47. The molecule has 0 fully saturated rings. The topological polar surface area (TPSA) is 182 Å². The molecular weight excluding hydrogens is 358 g/mol. The fourth-order valence-corrected chi connectivity index (χ4v) is 1.68. The van der Waals surface area contributed by atoms with E-state index in [-0.39, 0.29) is 22.9 Å². The fraction of sp³-hybridized carbons (Fsp3) is 0. The van der Waals surface area contributed by atoms with Crippen LogP contribution in [0, 0.1) is 30.3 Å². The lowest BCUT2D eigenvalue weighted by Gasteiger charge is -2.05. The van der Waals surface area contributed by atoms with Gasteiger partial charge in [-0.3, -0.25) is 14.5 Å². The third kappa shape index (κ3) is 5.08. The molecule has 0 saturated heterocycles. The van der Waals surface area contributed by atoms with E-state index in [0.29, 0.717) is 0 Å². The molecule has 0 unspecified atom stereocenters. The van der Waals surface area contributed by atoms with Crippen molar-refractivity contribution in [3.05, 3.63) is 72.8 Å². The molecule has 0 N–H and O–H groups in total. The molecule has 0 radical (unpaired) electrons. The maximum absolute atomic E-state index is 10.5. The SMILES string of the molecule is O=[N+]([O-])Oc1ccc(N=Nc2ccccc2O[N+](=O)[O-])c(O[N+](=O)[O-])c1. The van der Waals surface area contributed by atoms with Gasteiger partial charge in [-0.1, -0.05) is 12.1 Å². The van der Waals surface area contributed by atoms with Crippen LogP contribution in [0.1, 0.15) is 0 Å². The van der Waals surface area contributed by atoms with Crippen molar-refractivity contribution in [2.45, 2.75) is 0 Å². The van der Waals surface area contributed by atoms with Gasteiger partial charge in [0.25, 0.3) is 15.3 Å². The standard InChI is InChI=1S/C12H7N5O9/c18-15(19)24-8-5-6-10(12(7-8)26-17(22)23)14-13-9-3-1-2-4-11(9)25-16(20)21/h1-7H. The van der Waals surface area contributed by atoms with E-state index in [1.54, 1.807) is 0 Å². The molecule has 2 aromatic carbocycles. The molecule has 0 aliphatic heterocycles. The highest BCUT2D eigenvalue weighted by Gasteiger charge is 2.11. The van der Waals surface area contributed by atoms with Gasteiger partial charge in [-0.25, -0.2) is 0 Å². The second-order valence-electron chi connectivity index (χ2n) is 4.24. The first-order valence-electron chi connectivity index (χ1n) is 6.47. The Morgan fingerprint density at radius 3 is 1.85 bits per heavy atom. The van der Waals surface area contributed by atoms with Crippen molar-refractivity contribution in [1.82, 2.24) is 0 Å². The zero-order valence-electron chi connectivity index (χ0n) is 12.5. The number of rotatable bonds is 8. The second kappa shape index (κ2) is 7.95. The number of nitrogens with zero attached hydrogens (tertiary/aromatic N) is 5. The summed E-state index contributed by atoms with van der Waals surface area (Å²) in [7, 11) is 0. The molecule has 0 bridgehead atoms. The van der Waals surface area contributed by atoms with E-state index in [1.165, 1.54) is 24.3 Å². The van der Waals surface area contributed by atoms with Gasteiger partial charge in [-0.05, 0) is 24.3 Å². The highest BCUT2D eigenvalue weighted by molar-refractivity contribution is 5.56. The summed E-state index contributed by atoms with van der Waals surface area (Å²) in [6.07, 6.45) is 0.